The second-order valence-corrected chi connectivity index (χ2v) is 7.70. The average molecular weight is 195 g/mol. The van der Waals surface area contributed by atoms with Gasteiger partial charge < -0.3 is 0 Å². The van der Waals surface area contributed by atoms with Gasteiger partial charge in [0, 0.05) is 0 Å². The summed E-state index contributed by atoms with van der Waals surface area (Å²) in [6, 6.07) is 0. The van der Waals surface area contributed by atoms with E-state index in [0.717, 1.165) is 3.86 Å². The SMILES string of the molecule is Cl[C]1=CC=[CH][Ge]1[Cl]. The van der Waals surface area contributed by atoms with Crippen molar-refractivity contribution in [3.8, 4) is 0 Å². The Morgan fingerprint density at radius 3 is 2.43 bits per heavy atom. The van der Waals surface area contributed by atoms with E-state index in [1.54, 1.807) is 0 Å². The molecule has 0 fully saturated rings. The van der Waals surface area contributed by atoms with Crippen LogP contribution in [0.15, 0.2) is 20.9 Å². The molecule has 1 rings (SSSR count). The van der Waals surface area contributed by atoms with Crippen LogP contribution in [-0.4, -0.2) is 13.4 Å². The van der Waals surface area contributed by atoms with Crippen LogP contribution in [0.2, 0.25) is 0 Å². The third-order valence-corrected chi connectivity index (χ3v) is 6.44. The summed E-state index contributed by atoms with van der Waals surface area (Å²) in [6.07, 6.45) is 3.79. The minimum absolute atomic E-state index is 0.877. The number of hydrogen-bond donors (Lipinski definition) is 0. The molecule has 1 radical (unpaired) electrons. The number of halogens is 2. The molecule has 0 atom stereocenters. The van der Waals surface area contributed by atoms with E-state index in [1.807, 2.05) is 17.1 Å². The Hall–Kier alpha value is 0.603. The summed E-state index contributed by atoms with van der Waals surface area (Å²) in [7, 11) is 5.74. The van der Waals surface area contributed by atoms with Gasteiger partial charge in [0.2, 0.25) is 0 Å². The number of rotatable bonds is 0. The maximum absolute atomic E-state index is 5.74. The molecule has 0 spiro atoms. The number of hydrogen-bond acceptors (Lipinski definition) is 0. The zero-order valence-electron chi connectivity index (χ0n) is 3.49. The predicted octanol–water partition coefficient (Wildman–Crippen LogP) is 1.99. The van der Waals surface area contributed by atoms with Crippen LogP contribution in [-0.2, 0) is 0 Å². The van der Waals surface area contributed by atoms with Gasteiger partial charge in [-0.05, 0) is 0 Å². The average Bonchev–Trinajstić information content (AvgIpc) is 1.91. The topological polar surface area (TPSA) is 0 Å². The fourth-order valence-electron chi connectivity index (χ4n) is 0.376. The molecule has 0 N–H and O–H groups in total. The molecule has 0 aromatic carbocycles. The van der Waals surface area contributed by atoms with Crippen molar-refractivity contribution >= 4 is 35.0 Å². The van der Waals surface area contributed by atoms with Crippen LogP contribution < -0.4 is 0 Å². The molecule has 0 aromatic heterocycles. The van der Waals surface area contributed by atoms with Gasteiger partial charge in [-0.25, -0.2) is 0 Å². The second-order valence-electron chi connectivity index (χ2n) is 1.22. The molecule has 0 bridgehead atoms. The summed E-state index contributed by atoms with van der Waals surface area (Å²) in [6.45, 7) is 0. The molecule has 1 heterocycles. The molecule has 0 saturated carbocycles. The van der Waals surface area contributed by atoms with Gasteiger partial charge in [-0.15, -0.1) is 0 Å². The minimum atomic E-state index is -1.46. The molecule has 0 aliphatic carbocycles. The van der Waals surface area contributed by atoms with Crippen LogP contribution in [0.3, 0.4) is 0 Å². The van der Waals surface area contributed by atoms with Crippen molar-refractivity contribution < 1.29 is 0 Å². The van der Waals surface area contributed by atoms with Gasteiger partial charge >= 0.3 is 56.0 Å². The molecule has 1 aliphatic rings. The standard InChI is InChI=1S/C4H3Cl2Ge/c5-4-2-1-3-7(4)6/h1-3H. The van der Waals surface area contributed by atoms with Crippen molar-refractivity contribution in [1.82, 2.24) is 0 Å². The monoisotopic (exact) mass is 195 g/mol. The van der Waals surface area contributed by atoms with Crippen LogP contribution in [0.5, 0.6) is 0 Å². The fraction of sp³-hybridized carbons (Fsp3) is 0. The van der Waals surface area contributed by atoms with E-state index in [1.165, 1.54) is 0 Å². The van der Waals surface area contributed by atoms with Gasteiger partial charge in [0.25, 0.3) is 0 Å². The van der Waals surface area contributed by atoms with Crippen LogP contribution >= 0.6 is 21.6 Å². The molecule has 0 saturated heterocycles. The Morgan fingerprint density at radius 2 is 2.29 bits per heavy atom. The third-order valence-electron chi connectivity index (χ3n) is 0.713. The van der Waals surface area contributed by atoms with Crippen LogP contribution in [0.25, 0.3) is 0 Å². The zero-order valence-corrected chi connectivity index (χ0v) is 7.10. The van der Waals surface area contributed by atoms with Crippen molar-refractivity contribution in [2.45, 2.75) is 0 Å². The third kappa shape index (κ3) is 1.24. The van der Waals surface area contributed by atoms with E-state index in [9.17, 15) is 0 Å². The molecule has 3 heteroatoms. The van der Waals surface area contributed by atoms with Crippen molar-refractivity contribution in [3.63, 3.8) is 0 Å². The molecule has 0 aromatic rings. The van der Waals surface area contributed by atoms with E-state index in [0.29, 0.717) is 0 Å². The molecule has 0 amide bonds. The molecule has 0 unspecified atom stereocenters. The molecular formula is C4H3Cl2Ge. The van der Waals surface area contributed by atoms with E-state index >= 15 is 0 Å². The van der Waals surface area contributed by atoms with Crippen molar-refractivity contribution in [2.24, 2.45) is 0 Å². The van der Waals surface area contributed by atoms with E-state index in [4.69, 9.17) is 21.6 Å². The first kappa shape index (κ1) is 5.73. The Kier molecular flexibility index (Phi) is 1.84. The van der Waals surface area contributed by atoms with Gasteiger partial charge in [0.05, 0.1) is 0 Å². The summed E-state index contributed by atoms with van der Waals surface area (Å²) >= 11 is 4.15. The zero-order chi connectivity index (χ0) is 5.28. The van der Waals surface area contributed by atoms with E-state index < -0.39 is 13.4 Å². The van der Waals surface area contributed by atoms with Gasteiger partial charge in [0.1, 0.15) is 0 Å². The van der Waals surface area contributed by atoms with E-state index in [2.05, 4.69) is 0 Å². The predicted molar refractivity (Wildman–Crippen MR) is 34.7 cm³/mol. The van der Waals surface area contributed by atoms with Gasteiger partial charge in [-0.1, -0.05) is 0 Å². The van der Waals surface area contributed by atoms with Gasteiger partial charge in [-0.3, -0.25) is 0 Å². The quantitative estimate of drug-likeness (QED) is 0.518. The Labute approximate surface area is 56.1 Å². The first-order valence-electron chi connectivity index (χ1n) is 1.87. The molecule has 0 nitrogen and oxygen atoms in total. The first-order valence-corrected chi connectivity index (χ1v) is 7.27. The van der Waals surface area contributed by atoms with Crippen molar-refractivity contribution in [2.75, 3.05) is 0 Å². The van der Waals surface area contributed by atoms with Crippen molar-refractivity contribution in [1.29, 1.82) is 0 Å². The van der Waals surface area contributed by atoms with Crippen LogP contribution in [0, 0.1) is 0 Å². The molecule has 1 aliphatic heterocycles. The normalized spacial score (nSPS) is 20.6. The number of allylic oxidation sites excluding steroid dienone is 2. The fourth-order valence-corrected chi connectivity index (χ4v) is 2.91. The van der Waals surface area contributed by atoms with Gasteiger partial charge in [-0.2, -0.15) is 0 Å². The molecule has 37 valence electrons. The summed E-state index contributed by atoms with van der Waals surface area (Å²) in [5, 5.41) is 0. The second kappa shape index (κ2) is 2.25. The molecular weight excluding hydrogens is 192 g/mol. The Balaban J connectivity index is 2.69. The van der Waals surface area contributed by atoms with Crippen LogP contribution in [0.1, 0.15) is 0 Å². The Morgan fingerprint density at radius 1 is 1.57 bits per heavy atom. The van der Waals surface area contributed by atoms with Crippen molar-refractivity contribution in [3.05, 3.63) is 20.9 Å². The summed E-state index contributed by atoms with van der Waals surface area (Å²) in [5.41, 5.74) is 0. The summed E-state index contributed by atoms with van der Waals surface area (Å²) in [4.78, 5) is 2.00. The maximum atomic E-state index is 5.74. The van der Waals surface area contributed by atoms with Crippen LogP contribution in [0.4, 0.5) is 0 Å². The summed E-state index contributed by atoms with van der Waals surface area (Å²) < 4.78 is 0.877. The summed E-state index contributed by atoms with van der Waals surface area (Å²) in [5.74, 6) is 0. The molecule has 7 heavy (non-hydrogen) atoms. The Bertz CT molecular complexity index is 128. The first-order chi connectivity index (χ1) is 3.30. The van der Waals surface area contributed by atoms with Gasteiger partial charge in [0.15, 0.2) is 0 Å². The van der Waals surface area contributed by atoms with E-state index in [-0.39, 0.29) is 0 Å².